The van der Waals surface area contributed by atoms with Gasteiger partial charge in [-0.25, -0.2) is 8.42 Å². The van der Waals surface area contributed by atoms with Crippen molar-refractivity contribution in [2.75, 3.05) is 32.7 Å². The average Bonchev–Trinajstić information content (AvgIpc) is 3.17. The number of sulfonamides is 1. The molecule has 1 saturated heterocycles. The predicted octanol–water partition coefficient (Wildman–Crippen LogP) is 3.01. The van der Waals surface area contributed by atoms with Gasteiger partial charge < -0.3 is 4.90 Å². The van der Waals surface area contributed by atoms with Crippen molar-refractivity contribution >= 4 is 44.3 Å². The fourth-order valence-corrected chi connectivity index (χ4v) is 6.24. The Morgan fingerprint density at radius 1 is 1.14 bits per heavy atom. The first-order valence-electron chi connectivity index (χ1n) is 7.06. The SMILES string of the molecule is O=S(=O)(c1ccc(Cl)s1)N1CCN(CCc2cccs2)CC1. The molecule has 2 aromatic rings. The maximum absolute atomic E-state index is 12.5. The molecule has 3 heterocycles. The summed E-state index contributed by atoms with van der Waals surface area (Å²) < 4.78 is 27.4. The minimum Gasteiger partial charge on any atom is -0.300 e. The highest BCUT2D eigenvalue weighted by atomic mass is 35.5. The molecule has 3 rings (SSSR count). The molecule has 8 heteroatoms. The van der Waals surface area contributed by atoms with Crippen molar-refractivity contribution in [3.05, 3.63) is 38.9 Å². The normalized spacial score (nSPS) is 17.9. The number of piperazine rings is 1. The van der Waals surface area contributed by atoms with Crippen LogP contribution >= 0.6 is 34.3 Å². The Hall–Kier alpha value is -0.440. The largest absolute Gasteiger partial charge is 0.300 e. The fourth-order valence-electron chi connectivity index (χ4n) is 2.48. The van der Waals surface area contributed by atoms with E-state index in [0.29, 0.717) is 21.6 Å². The highest BCUT2D eigenvalue weighted by Gasteiger charge is 2.29. The number of hydrogen-bond donors (Lipinski definition) is 0. The number of halogens is 1. The molecule has 0 aliphatic carbocycles. The van der Waals surface area contributed by atoms with Gasteiger partial charge in [0.05, 0.1) is 4.34 Å². The summed E-state index contributed by atoms with van der Waals surface area (Å²) in [7, 11) is -3.38. The van der Waals surface area contributed by atoms with Crippen molar-refractivity contribution in [3.63, 3.8) is 0 Å². The van der Waals surface area contributed by atoms with Crippen LogP contribution in [0.3, 0.4) is 0 Å². The fraction of sp³-hybridized carbons (Fsp3) is 0.429. The Balaban J connectivity index is 1.55. The van der Waals surface area contributed by atoms with Crippen LogP contribution in [-0.2, 0) is 16.4 Å². The molecule has 0 amide bonds. The van der Waals surface area contributed by atoms with Crippen molar-refractivity contribution in [1.82, 2.24) is 9.21 Å². The minimum absolute atomic E-state index is 0.338. The van der Waals surface area contributed by atoms with Gasteiger partial charge in [0.25, 0.3) is 10.0 Å². The van der Waals surface area contributed by atoms with Gasteiger partial charge in [0.1, 0.15) is 4.21 Å². The van der Waals surface area contributed by atoms with Crippen molar-refractivity contribution in [1.29, 1.82) is 0 Å². The van der Waals surface area contributed by atoms with Crippen molar-refractivity contribution < 1.29 is 8.42 Å². The maximum atomic E-state index is 12.5. The molecule has 0 spiro atoms. The van der Waals surface area contributed by atoms with Crippen molar-refractivity contribution in [2.45, 2.75) is 10.6 Å². The first-order valence-corrected chi connectivity index (χ1v) is 10.6. The summed E-state index contributed by atoms with van der Waals surface area (Å²) in [6.07, 6.45) is 1.03. The molecule has 0 bridgehead atoms. The molecule has 4 nitrogen and oxygen atoms in total. The zero-order chi connectivity index (χ0) is 15.6. The summed E-state index contributed by atoms with van der Waals surface area (Å²) >= 11 is 8.74. The van der Waals surface area contributed by atoms with E-state index >= 15 is 0 Å². The van der Waals surface area contributed by atoms with E-state index in [2.05, 4.69) is 22.4 Å². The molecule has 1 aliphatic rings. The molecule has 0 radical (unpaired) electrons. The zero-order valence-electron chi connectivity index (χ0n) is 11.9. The highest BCUT2D eigenvalue weighted by Crippen LogP contribution is 2.28. The smallest absolute Gasteiger partial charge is 0.252 e. The van der Waals surface area contributed by atoms with E-state index in [-0.39, 0.29) is 0 Å². The number of hydrogen-bond acceptors (Lipinski definition) is 5. The molecule has 2 aromatic heterocycles. The summed E-state index contributed by atoms with van der Waals surface area (Å²) in [5.41, 5.74) is 0. The van der Waals surface area contributed by atoms with Gasteiger partial charge in [0.2, 0.25) is 0 Å². The lowest BCUT2D eigenvalue weighted by molar-refractivity contribution is 0.190. The van der Waals surface area contributed by atoms with E-state index in [4.69, 9.17) is 11.6 Å². The van der Waals surface area contributed by atoms with Gasteiger partial charge in [-0.2, -0.15) is 4.31 Å². The molecule has 0 unspecified atom stereocenters. The minimum atomic E-state index is -3.38. The van der Waals surface area contributed by atoms with Gasteiger partial charge in [0, 0.05) is 37.6 Å². The second kappa shape index (κ2) is 6.98. The number of thiophene rings is 2. The molecule has 22 heavy (non-hydrogen) atoms. The summed E-state index contributed by atoms with van der Waals surface area (Å²) in [6.45, 7) is 3.64. The molecule has 1 aliphatic heterocycles. The maximum Gasteiger partial charge on any atom is 0.252 e. The van der Waals surface area contributed by atoms with Crippen LogP contribution in [0.25, 0.3) is 0 Å². The molecule has 0 N–H and O–H groups in total. The van der Waals surface area contributed by atoms with E-state index in [0.717, 1.165) is 37.4 Å². The van der Waals surface area contributed by atoms with Gasteiger partial charge in [0.15, 0.2) is 0 Å². The summed E-state index contributed by atoms with van der Waals surface area (Å²) in [5.74, 6) is 0. The first kappa shape index (κ1) is 16.4. The average molecular weight is 377 g/mol. The molecule has 0 atom stereocenters. The number of rotatable bonds is 5. The third-order valence-corrected chi connectivity index (χ3v) is 8.26. The van der Waals surface area contributed by atoms with E-state index < -0.39 is 10.0 Å². The Morgan fingerprint density at radius 3 is 2.50 bits per heavy atom. The van der Waals surface area contributed by atoms with Gasteiger partial charge in [-0.05, 0) is 30.0 Å². The van der Waals surface area contributed by atoms with Crippen LogP contribution in [0, 0.1) is 0 Å². The summed E-state index contributed by atoms with van der Waals surface area (Å²) in [6, 6.07) is 7.43. The second-order valence-electron chi connectivity index (χ2n) is 5.13. The molecule has 0 saturated carbocycles. The Morgan fingerprint density at radius 2 is 1.91 bits per heavy atom. The molecular weight excluding hydrogens is 360 g/mol. The van der Waals surface area contributed by atoms with E-state index in [1.54, 1.807) is 27.8 Å². The Kier molecular flexibility index (Phi) is 5.21. The lowest BCUT2D eigenvalue weighted by Crippen LogP contribution is -2.48. The molecule has 1 fully saturated rings. The first-order chi connectivity index (χ1) is 10.6. The standard InChI is InChI=1S/C14H17ClN2O2S3/c15-13-3-4-14(21-13)22(18,19)17-9-7-16(8-10-17)6-5-12-2-1-11-20-12/h1-4,11H,5-10H2. The van der Waals surface area contributed by atoms with Crippen LogP contribution < -0.4 is 0 Å². The van der Waals surface area contributed by atoms with Crippen LogP contribution in [0.15, 0.2) is 33.9 Å². The Labute approximate surface area is 144 Å². The zero-order valence-corrected chi connectivity index (χ0v) is 15.1. The third kappa shape index (κ3) is 3.72. The van der Waals surface area contributed by atoms with Crippen LogP contribution in [0.2, 0.25) is 4.34 Å². The van der Waals surface area contributed by atoms with Crippen LogP contribution in [0.5, 0.6) is 0 Å². The Bertz CT molecular complexity index is 704. The lowest BCUT2D eigenvalue weighted by Gasteiger charge is -2.33. The predicted molar refractivity (Wildman–Crippen MR) is 92.6 cm³/mol. The van der Waals surface area contributed by atoms with Crippen LogP contribution in [0.4, 0.5) is 0 Å². The van der Waals surface area contributed by atoms with Crippen molar-refractivity contribution in [2.24, 2.45) is 0 Å². The van der Waals surface area contributed by atoms with E-state index in [9.17, 15) is 8.42 Å². The second-order valence-corrected chi connectivity index (χ2v) is 10.0. The summed E-state index contributed by atoms with van der Waals surface area (Å²) in [4.78, 5) is 3.70. The molecular formula is C14H17ClN2O2S3. The van der Waals surface area contributed by atoms with E-state index in [1.165, 1.54) is 4.88 Å². The van der Waals surface area contributed by atoms with Gasteiger partial charge in [-0.3, -0.25) is 0 Å². The van der Waals surface area contributed by atoms with Gasteiger partial charge >= 0.3 is 0 Å². The number of nitrogens with zero attached hydrogens (tertiary/aromatic N) is 2. The third-order valence-electron chi connectivity index (χ3n) is 3.73. The molecule has 120 valence electrons. The lowest BCUT2D eigenvalue weighted by atomic mass is 10.3. The monoisotopic (exact) mass is 376 g/mol. The quantitative estimate of drug-likeness (QED) is 0.805. The van der Waals surface area contributed by atoms with Gasteiger partial charge in [-0.15, -0.1) is 22.7 Å². The van der Waals surface area contributed by atoms with Gasteiger partial charge in [-0.1, -0.05) is 17.7 Å². The van der Waals surface area contributed by atoms with Crippen LogP contribution in [-0.4, -0.2) is 50.3 Å². The highest BCUT2D eigenvalue weighted by molar-refractivity contribution is 7.91. The molecule has 0 aromatic carbocycles. The van der Waals surface area contributed by atoms with Crippen molar-refractivity contribution in [3.8, 4) is 0 Å². The van der Waals surface area contributed by atoms with Crippen LogP contribution in [0.1, 0.15) is 4.88 Å². The summed E-state index contributed by atoms with van der Waals surface area (Å²) in [5, 5.41) is 2.09. The van der Waals surface area contributed by atoms with E-state index in [1.807, 2.05) is 0 Å². The topological polar surface area (TPSA) is 40.6 Å².